The molecule has 0 aliphatic heterocycles. The van der Waals surface area contributed by atoms with Gasteiger partial charge in [-0.05, 0) is 42.0 Å². The van der Waals surface area contributed by atoms with E-state index in [2.05, 4.69) is 5.32 Å². The number of hydrogen-bond donors (Lipinski definition) is 1. The molecule has 0 bridgehead atoms. The maximum absolute atomic E-state index is 13.1. The topological polar surface area (TPSA) is 35.8 Å². The molecule has 0 heterocycles. The monoisotopic (exact) mass is 262 g/mol. The molecule has 0 aliphatic rings. The first kappa shape index (κ1) is 13.0. The predicted octanol–water partition coefficient (Wildman–Crippen LogP) is 3.78. The molecule has 0 saturated carbocycles. The van der Waals surface area contributed by atoms with Gasteiger partial charge in [0.1, 0.15) is 23.5 Å². The SMILES string of the molecule is N#CC(Nc1ccc(F)cc1)c1cc(F)cc(F)c1. The minimum Gasteiger partial charge on any atom is -0.366 e. The summed E-state index contributed by atoms with van der Waals surface area (Å²) in [6.07, 6.45) is 0. The lowest BCUT2D eigenvalue weighted by Crippen LogP contribution is -2.09. The van der Waals surface area contributed by atoms with E-state index in [1.807, 2.05) is 6.07 Å². The first-order valence-corrected chi connectivity index (χ1v) is 5.46. The molecule has 96 valence electrons. The van der Waals surface area contributed by atoms with E-state index in [0.717, 1.165) is 18.2 Å². The number of nitrogens with zero attached hydrogens (tertiary/aromatic N) is 1. The zero-order valence-corrected chi connectivity index (χ0v) is 9.70. The zero-order valence-electron chi connectivity index (χ0n) is 9.70. The van der Waals surface area contributed by atoms with Gasteiger partial charge in [-0.2, -0.15) is 5.26 Å². The third-order valence-corrected chi connectivity index (χ3v) is 2.50. The van der Waals surface area contributed by atoms with Crippen molar-refractivity contribution < 1.29 is 13.2 Å². The average molecular weight is 262 g/mol. The fraction of sp³-hybridized carbons (Fsp3) is 0.0714. The maximum Gasteiger partial charge on any atom is 0.140 e. The molecular weight excluding hydrogens is 253 g/mol. The van der Waals surface area contributed by atoms with Gasteiger partial charge in [0.05, 0.1) is 6.07 Å². The Kier molecular flexibility index (Phi) is 3.71. The minimum absolute atomic E-state index is 0.171. The van der Waals surface area contributed by atoms with E-state index in [1.165, 1.54) is 24.3 Å². The number of nitriles is 1. The molecule has 5 heteroatoms. The summed E-state index contributed by atoms with van der Waals surface area (Å²) in [5, 5.41) is 11.8. The minimum atomic E-state index is -0.921. The Morgan fingerprint density at radius 2 is 1.47 bits per heavy atom. The van der Waals surface area contributed by atoms with Crippen LogP contribution in [0.4, 0.5) is 18.9 Å². The first-order chi connectivity index (χ1) is 9.08. The lowest BCUT2D eigenvalue weighted by atomic mass is 10.1. The van der Waals surface area contributed by atoms with Crippen LogP contribution in [0.3, 0.4) is 0 Å². The number of nitrogens with one attached hydrogen (secondary N) is 1. The van der Waals surface area contributed by atoms with Gasteiger partial charge in [0.15, 0.2) is 0 Å². The third kappa shape index (κ3) is 3.26. The summed E-state index contributed by atoms with van der Waals surface area (Å²) in [4.78, 5) is 0. The molecule has 19 heavy (non-hydrogen) atoms. The van der Waals surface area contributed by atoms with Gasteiger partial charge < -0.3 is 5.32 Å². The molecule has 2 nitrogen and oxygen atoms in total. The number of anilines is 1. The number of hydrogen-bond acceptors (Lipinski definition) is 2. The number of rotatable bonds is 3. The Balaban J connectivity index is 2.25. The highest BCUT2D eigenvalue weighted by Gasteiger charge is 2.12. The zero-order chi connectivity index (χ0) is 13.8. The molecule has 0 aromatic heterocycles. The second kappa shape index (κ2) is 5.44. The quantitative estimate of drug-likeness (QED) is 0.913. The summed E-state index contributed by atoms with van der Waals surface area (Å²) in [6.45, 7) is 0. The molecule has 0 spiro atoms. The summed E-state index contributed by atoms with van der Waals surface area (Å²) in [7, 11) is 0. The molecule has 2 aromatic carbocycles. The maximum atomic E-state index is 13.1. The molecule has 0 radical (unpaired) electrons. The van der Waals surface area contributed by atoms with Gasteiger partial charge in [-0.15, -0.1) is 0 Å². The lowest BCUT2D eigenvalue weighted by molar-refractivity contribution is 0.579. The van der Waals surface area contributed by atoms with Gasteiger partial charge in [0.2, 0.25) is 0 Å². The van der Waals surface area contributed by atoms with Crippen LogP contribution in [0.25, 0.3) is 0 Å². The van der Waals surface area contributed by atoms with E-state index < -0.39 is 23.5 Å². The molecule has 2 aromatic rings. The van der Waals surface area contributed by atoms with Crippen LogP contribution in [-0.4, -0.2) is 0 Å². The van der Waals surface area contributed by atoms with E-state index >= 15 is 0 Å². The fourth-order valence-electron chi connectivity index (χ4n) is 1.64. The molecular formula is C14H9F3N2. The van der Waals surface area contributed by atoms with Crippen molar-refractivity contribution in [3.8, 4) is 6.07 Å². The molecule has 0 fully saturated rings. The summed E-state index contributed by atoms with van der Waals surface area (Å²) in [6, 6.07) is 9.19. The molecule has 0 saturated heterocycles. The van der Waals surface area contributed by atoms with Gasteiger partial charge >= 0.3 is 0 Å². The van der Waals surface area contributed by atoms with Crippen molar-refractivity contribution in [1.82, 2.24) is 0 Å². The second-order valence-corrected chi connectivity index (χ2v) is 3.92. The largest absolute Gasteiger partial charge is 0.366 e. The number of benzene rings is 2. The summed E-state index contributed by atoms with van der Waals surface area (Å²) < 4.78 is 38.9. The van der Waals surface area contributed by atoms with Crippen molar-refractivity contribution in [3.05, 3.63) is 65.5 Å². The Morgan fingerprint density at radius 3 is 2.00 bits per heavy atom. The smallest absolute Gasteiger partial charge is 0.140 e. The standard InChI is InChI=1S/C14H9F3N2/c15-10-1-3-13(4-2-10)19-14(8-18)9-5-11(16)7-12(17)6-9/h1-7,14,19H. The van der Waals surface area contributed by atoms with Crippen LogP contribution in [0.5, 0.6) is 0 Å². The first-order valence-electron chi connectivity index (χ1n) is 5.46. The van der Waals surface area contributed by atoms with Crippen molar-refractivity contribution in [2.45, 2.75) is 6.04 Å². The Labute approximate surface area is 108 Å². The van der Waals surface area contributed by atoms with Gasteiger partial charge in [-0.1, -0.05) is 0 Å². The molecule has 0 aliphatic carbocycles. The van der Waals surface area contributed by atoms with Crippen molar-refractivity contribution in [2.24, 2.45) is 0 Å². The van der Waals surface area contributed by atoms with Crippen molar-refractivity contribution in [2.75, 3.05) is 5.32 Å². The molecule has 2 rings (SSSR count). The highest BCUT2D eigenvalue weighted by molar-refractivity contribution is 5.47. The van der Waals surface area contributed by atoms with Crippen LogP contribution in [0.1, 0.15) is 11.6 Å². The van der Waals surface area contributed by atoms with Crippen LogP contribution in [0.2, 0.25) is 0 Å². The van der Waals surface area contributed by atoms with Crippen molar-refractivity contribution in [1.29, 1.82) is 5.26 Å². The Morgan fingerprint density at radius 1 is 0.895 bits per heavy atom. The average Bonchev–Trinajstić information content (AvgIpc) is 2.37. The third-order valence-electron chi connectivity index (χ3n) is 2.50. The Hall–Kier alpha value is -2.48. The normalized spacial score (nSPS) is 11.7. The van der Waals surface area contributed by atoms with Crippen molar-refractivity contribution >= 4 is 5.69 Å². The Bertz CT molecular complexity index is 597. The fourth-order valence-corrected chi connectivity index (χ4v) is 1.64. The van der Waals surface area contributed by atoms with E-state index in [-0.39, 0.29) is 5.56 Å². The second-order valence-electron chi connectivity index (χ2n) is 3.92. The van der Waals surface area contributed by atoms with Gasteiger partial charge in [-0.3, -0.25) is 0 Å². The van der Waals surface area contributed by atoms with Gasteiger partial charge in [0.25, 0.3) is 0 Å². The summed E-state index contributed by atoms with van der Waals surface area (Å²) >= 11 is 0. The highest BCUT2D eigenvalue weighted by Crippen LogP contribution is 2.21. The van der Waals surface area contributed by atoms with E-state index in [4.69, 9.17) is 5.26 Å². The summed E-state index contributed by atoms with van der Waals surface area (Å²) in [5.41, 5.74) is 0.655. The summed E-state index contributed by atoms with van der Waals surface area (Å²) in [5.74, 6) is -1.91. The van der Waals surface area contributed by atoms with Crippen LogP contribution < -0.4 is 5.32 Å². The molecule has 1 atom stereocenters. The van der Waals surface area contributed by atoms with Gasteiger partial charge in [0, 0.05) is 11.8 Å². The van der Waals surface area contributed by atoms with E-state index in [1.54, 1.807) is 0 Å². The van der Waals surface area contributed by atoms with Crippen LogP contribution >= 0.6 is 0 Å². The molecule has 0 amide bonds. The van der Waals surface area contributed by atoms with Crippen LogP contribution in [0.15, 0.2) is 42.5 Å². The predicted molar refractivity (Wildman–Crippen MR) is 64.7 cm³/mol. The van der Waals surface area contributed by atoms with Gasteiger partial charge in [-0.25, -0.2) is 13.2 Å². The molecule has 1 unspecified atom stereocenters. The van der Waals surface area contributed by atoms with E-state index in [9.17, 15) is 13.2 Å². The van der Waals surface area contributed by atoms with Crippen LogP contribution in [-0.2, 0) is 0 Å². The van der Waals surface area contributed by atoms with Crippen LogP contribution in [0, 0.1) is 28.8 Å². The van der Waals surface area contributed by atoms with E-state index in [0.29, 0.717) is 5.69 Å². The highest BCUT2D eigenvalue weighted by atomic mass is 19.1. The number of halogens is 3. The molecule has 1 N–H and O–H groups in total. The van der Waals surface area contributed by atoms with Crippen molar-refractivity contribution in [3.63, 3.8) is 0 Å². The lowest BCUT2D eigenvalue weighted by Gasteiger charge is -2.13.